The van der Waals surface area contributed by atoms with Gasteiger partial charge in [0, 0.05) is 0 Å². The van der Waals surface area contributed by atoms with E-state index in [4.69, 9.17) is 10.5 Å². The summed E-state index contributed by atoms with van der Waals surface area (Å²) in [7, 11) is 0. The zero-order valence-electron chi connectivity index (χ0n) is 13.0. The van der Waals surface area contributed by atoms with E-state index < -0.39 is 0 Å². The molecular weight excluding hydrogens is 306 g/mol. The topological polar surface area (TPSA) is 98.8 Å². The Labute approximate surface area is 137 Å². The summed E-state index contributed by atoms with van der Waals surface area (Å²) < 4.78 is 7.14. The molecule has 0 fully saturated rings. The lowest BCUT2D eigenvalue weighted by Crippen LogP contribution is -2.18. The molecule has 7 nitrogen and oxygen atoms in total. The van der Waals surface area contributed by atoms with Gasteiger partial charge in [0.25, 0.3) is 0 Å². The number of aromatic nitrogens is 4. The maximum atomic E-state index is 12.4. The van der Waals surface area contributed by atoms with Gasteiger partial charge in [0.15, 0.2) is 11.5 Å². The van der Waals surface area contributed by atoms with E-state index in [0.29, 0.717) is 24.3 Å². The van der Waals surface area contributed by atoms with Crippen LogP contribution >= 0.6 is 0 Å². The summed E-state index contributed by atoms with van der Waals surface area (Å²) in [6.45, 7) is 0.872. The molecule has 0 unspecified atom stereocenters. The molecule has 1 aromatic carbocycles. The highest BCUT2D eigenvalue weighted by Gasteiger charge is 2.16. The Morgan fingerprint density at radius 2 is 2.00 bits per heavy atom. The third-order valence-electron chi connectivity index (χ3n) is 4.10. The van der Waals surface area contributed by atoms with Crippen LogP contribution in [-0.2, 0) is 13.0 Å². The first kappa shape index (κ1) is 14.5. The Hall–Kier alpha value is -3.09. The molecule has 122 valence electrons. The van der Waals surface area contributed by atoms with E-state index in [2.05, 4.69) is 33.2 Å². The Balaban J connectivity index is 1.92. The van der Waals surface area contributed by atoms with Crippen molar-refractivity contribution < 1.29 is 4.74 Å². The van der Waals surface area contributed by atoms with E-state index in [9.17, 15) is 4.79 Å². The van der Waals surface area contributed by atoms with Crippen molar-refractivity contribution in [1.82, 2.24) is 19.5 Å². The minimum absolute atomic E-state index is 0.189. The number of nitrogens with two attached hydrogens (primary N) is 1. The van der Waals surface area contributed by atoms with Crippen molar-refractivity contribution in [3.8, 4) is 6.01 Å². The minimum atomic E-state index is -0.261. The van der Waals surface area contributed by atoms with Gasteiger partial charge in [-0.05, 0) is 24.0 Å². The zero-order valence-corrected chi connectivity index (χ0v) is 13.0. The number of allylic oxidation sites excluding steroid dienone is 1. The molecule has 3 heterocycles. The number of H-pyrrole nitrogens is 1. The van der Waals surface area contributed by atoms with Crippen LogP contribution in [0.15, 0.2) is 41.2 Å². The van der Waals surface area contributed by atoms with Crippen LogP contribution in [0.5, 0.6) is 6.01 Å². The van der Waals surface area contributed by atoms with Crippen molar-refractivity contribution in [2.24, 2.45) is 0 Å². The molecule has 2 aromatic heterocycles. The van der Waals surface area contributed by atoms with Crippen LogP contribution in [0, 0.1) is 0 Å². The van der Waals surface area contributed by atoms with Gasteiger partial charge in [0.2, 0.25) is 0 Å². The van der Waals surface area contributed by atoms with E-state index in [1.165, 1.54) is 5.56 Å². The van der Waals surface area contributed by atoms with Gasteiger partial charge in [0.1, 0.15) is 5.52 Å². The summed E-state index contributed by atoms with van der Waals surface area (Å²) in [4.78, 5) is 23.6. The monoisotopic (exact) mass is 323 g/mol. The minimum Gasteiger partial charge on any atom is -0.463 e. The number of hydrogen-bond acceptors (Lipinski definition) is 5. The van der Waals surface area contributed by atoms with Crippen LogP contribution in [0.4, 0.5) is 5.82 Å². The number of anilines is 1. The van der Waals surface area contributed by atoms with Gasteiger partial charge in [-0.2, -0.15) is 9.97 Å². The third kappa shape index (κ3) is 2.54. The van der Waals surface area contributed by atoms with Gasteiger partial charge in [-0.3, -0.25) is 4.57 Å². The summed E-state index contributed by atoms with van der Waals surface area (Å²) in [5.74, 6) is 0.213. The Bertz CT molecular complexity index is 986. The summed E-state index contributed by atoms with van der Waals surface area (Å²) in [6, 6.07) is 8.26. The van der Waals surface area contributed by atoms with Crippen LogP contribution in [-0.4, -0.2) is 26.1 Å². The van der Waals surface area contributed by atoms with E-state index in [-0.39, 0.29) is 17.5 Å². The van der Waals surface area contributed by atoms with Gasteiger partial charge < -0.3 is 15.5 Å². The molecule has 0 saturated carbocycles. The molecule has 4 rings (SSSR count). The predicted octanol–water partition coefficient (Wildman–Crippen LogP) is 1.63. The number of benzene rings is 1. The quantitative estimate of drug-likeness (QED) is 0.613. The number of ether oxygens (including phenoxy) is 1. The van der Waals surface area contributed by atoms with Gasteiger partial charge >= 0.3 is 11.7 Å². The second-order valence-corrected chi connectivity index (χ2v) is 5.69. The largest absolute Gasteiger partial charge is 0.463 e. The van der Waals surface area contributed by atoms with Crippen LogP contribution in [0.25, 0.3) is 11.2 Å². The first-order valence-corrected chi connectivity index (χ1v) is 7.83. The van der Waals surface area contributed by atoms with Crippen LogP contribution in [0.2, 0.25) is 0 Å². The maximum Gasteiger partial charge on any atom is 0.328 e. The van der Waals surface area contributed by atoms with Crippen molar-refractivity contribution >= 4 is 17.0 Å². The Morgan fingerprint density at radius 1 is 1.17 bits per heavy atom. The number of rotatable bonds is 0. The highest BCUT2D eigenvalue weighted by molar-refractivity contribution is 5.81. The molecule has 0 spiro atoms. The molecule has 0 saturated heterocycles. The van der Waals surface area contributed by atoms with E-state index in [0.717, 1.165) is 18.4 Å². The summed E-state index contributed by atoms with van der Waals surface area (Å²) in [6.07, 6.45) is 5.75. The predicted molar refractivity (Wildman–Crippen MR) is 91.1 cm³/mol. The highest BCUT2D eigenvalue weighted by atomic mass is 16.5. The second kappa shape index (κ2) is 5.84. The standard InChI is InChI=1S/C17H17N5O2/c18-14-13-15-21-16(20-14)24-9-5-1-2-6-11-7-3-4-8-12(11)10-22(15)17(23)19-13/h1-4,7-8H,5-6,9-10H2,(H,19,23)(H2,18,20,21)/b2-1-. The molecule has 1 aliphatic rings. The van der Waals surface area contributed by atoms with Crippen molar-refractivity contribution in [1.29, 1.82) is 0 Å². The molecule has 0 amide bonds. The fraction of sp³-hybridized carbons (Fsp3) is 0.235. The van der Waals surface area contributed by atoms with Gasteiger partial charge in [-0.15, -0.1) is 0 Å². The number of fused-ring (bicyclic) bond motifs is 2. The number of nitrogen functional groups attached to an aromatic ring is 1. The molecule has 1 aliphatic heterocycles. The van der Waals surface area contributed by atoms with Crippen molar-refractivity contribution in [2.75, 3.05) is 12.3 Å². The molecule has 3 aromatic rings. The molecule has 3 N–H and O–H groups in total. The summed E-state index contributed by atoms with van der Waals surface area (Å²) in [5.41, 5.74) is 8.85. The van der Waals surface area contributed by atoms with Crippen LogP contribution < -0.4 is 16.2 Å². The number of imidazole rings is 1. The molecule has 0 atom stereocenters. The molecular formula is C17H17N5O2. The summed E-state index contributed by atoms with van der Waals surface area (Å²) >= 11 is 0. The Morgan fingerprint density at radius 3 is 2.88 bits per heavy atom. The molecule has 0 radical (unpaired) electrons. The number of nitrogens with zero attached hydrogens (tertiary/aromatic N) is 3. The highest BCUT2D eigenvalue weighted by Crippen LogP contribution is 2.20. The van der Waals surface area contributed by atoms with Gasteiger partial charge in [-0.25, -0.2) is 4.79 Å². The average molecular weight is 323 g/mol. The molecule has 2 bridgehead atoms. The average Bonchev–Trinajstić information content (AvgIpc) is 2.89. The van der Waals surface area contributed by atoms with Crippen LogP contribution in [0.3, 0.4) is 0 Å². The normalized spacial score (nSPS) is 15.8. The van der Waals surface area contributed by atoms with Gasteiger partial charge in [-0.1, -0.05) is 36.4 Å². The lowest BCUT2D eigenvalue weighted by Gasteiger charge is -2.09. The molecule has 0 aliphatic carbocycles. The number of hydrogen-bond donors (Lipinski definition) is 2. The van der Waals surface area contributed by atoms with E-state index in [1.807, 2.05) is 18.2 Å². The summed E-state index contributed by atoms with van der Waals surface area (Å²) in [5, 5.41) is 0. The lowest BCUT2D eigenvalue weighted by molar-refractivity contribution is 0.300. The first-order chi connectivity index (χ1) is 11.7. The van der Waals surface area contributed by atoms with E-state index in [1.54, 1.807) is 4.57 Å². The molecule has 24 heavy (non-hydrogen) atoms. The van der Waals surface area contributed by atoms with Crippen molar-refractivity contribution in [3.63, 3.8) is 0 Å². The maximum absolute atomic E-state index is 12.4. The SMILES string of the molecule is Nc1nc2nc3c1[nH]c(=O)n3Cc1ccccc1C/C=C\CCO2. The lowest BCUT2D eigenvalue weighted by atomic mass is 10.0. The first-order valence-electron chi connectivity index (χ1n) is 7.83. The third-order valence-corrected chi connectivity index (χ3v) is 4.10. The van der Waals surface area contributed by atoms with Gasteiger partial charge in [0.05, 0.1) is 13.2 Å². The van der Waals surface area contributed by atoms with Crippen molar-refractivity contribution in [3.05, 3.63) is 58.0 Å². The number of nitrogens with one attached hydrogen (secondary N) is 1. The second-order valence-electron chi connectivity index (χ2n) is 5.69. The van der Waals surface area contributed by atoms with E-state index >= 15 is 0 Å². The van der Waals surface area contributed by atoms with Crippen LogP contribution in [0.1, 0.15) is 17.5 Å². The molecule has 7 heteroatoms. The zero-order chi connectivity index (χ0) is 16.5. The van der Waals surface area contributed by atoms with Crippen molar-refractivity contribution in [2.45, 2.75) is 19.4 Å². The smallest absolute Gasteiger partial charge is 0.328 e. The fourth-order valence-electron chi connectivity index (χ4n) is 2.87. The number of aromatic amines is 1. The Kier molecular flexibility index (Phi) is 3.53. The fourth-order valence-corrected chi connectivity index (χ4v) is 2.87.